The summed E-state index contributed by atoms with van der Waals surface area (Å²) in [6, 6.07) is 6.63. The van der Waals surface area contributed by atoms with Crippen molar-refractivity contribution in [3.63, 3.8) is 0 Å². The molecule has 0 saturated carbocycles. The Kier molecular flexibility index (Phi) is 3.60. The Labute approximate surface area is 129 Å². The van der Waals surface area contributed by atoms with Crippen LogP contribution in [0.2, 0.25) is 0 Å². The molecule has 0 aromatic carbocycles. The van der Waals surface area contributed by atoms with Gasteiger partial charge in [0.15, 0.2) is 0 Å². The smallest absolute Gasteiger partial charge is 0.137 e. The molecule has 22 heavy (non-hydrogen) atoms. The van der Waals surface area contributed by atoms with Gasteiger partial charge in [0.25, 0.3) is 0 Å². The van der Waals surface area contributed by atoms with Gasteiger partial charge in [-0.25, -0.2) is 9.97 Å². The van der Waals surface area contributed by atoms with Crippen LogP contribution in [-0.4, -0.2) is 41.6 Å². The number of nitrogens with zero attached hydrogens (tertiary/aromatic N) is 6. The van der Waals surface area contributed by atoms with Crippen molar-refractivity contribution in [1.82, 2.24) is 29.0 Å². The molecule has 0 radical (unpaired) electrons. The first-order valence-corrected chi connectivity index (χ1v) is 7.87. The number of rotatable bonds is 4. The molecule has 3 aromatic rings. The maximum Gasteiger partial charge on any atom is 0.137 e. The van der Waals surface area contributed by atoms with Crippen molar-refractivity contribution < 1.29 is 0 Å². The Bertz CT molecular complexity index is 699. The van der Waals surface area contributed by atoms with E-state index in [1.807, 2.05) is 22.9 Å². The van der Waals surface area contributed by atoms with Crippen LogP contribution >= 0.6 is 0 Å². The monoisotopic (exact) mass is 296 g/mol. The zero-order chi connectivity index (χ0) is 14.8. The van der Waals surface area contributed by atoms with Crippen molar-refractivity contribution in [1.29, 1.82) is 0 Å². The van der Waals surface area contributed by atoms with Crippen molar-refractivity contribution >= 4 is 5.65 Å². The number of hydrogen-bond acceptors (Lipinski definition) is 4. The number of piperidine rings is 1. The fourth-order valence-corrected chi connectivity index (χ4v) is 3.29. The second-order valence-electron chi connectivity index (χ2n) is 5.94. The van der Waals surface area contributed by atoms with Gasteiger partial charge in [0.2, 0.25) is 0 Å². The third-order valence-corrected chi connectivity index (χ3v) is 4.39. The van der Waals surface area contributed by atoms with E-state index in [4.69, 9.17) is 4.98 Å². The third-order valence-electron chi connectivity index (χ3n) is 4.39. The van der Waals surface area contributed by atoms with Gasteiger partial charge in [-0.1, -0.05) is 12.5 Å². The average molecular weight is 296 g/mol. The summed E-state index contributed by atoms with van der Waals surface area (Å²) < 4.78 is 4.03. The maximum atomic E-state index is 4.72. The highest BCUT2D eigenvalue weighted by Gasteiger charge is 2.23. The number of pyridine rings is 1. The summed E-state index contributed by atoms with van der Waals surface area (Å²) in [4.78, 5) is 11.3. The molecule has 4 heterocycles. The number of imidazole rings is 1. The summed E-state index contributed by atoms with van der Waals surface area (Å²) in [6.45, 7) is 2.95. The van der Waals surface area contributed by atoms with Gasteiger partial charge in [0.1, 0.15) is 18.3 Å². The molecule has 0 amide bonds. The van der Waals surface area contributed by atoms with E-state index < -0.39 is 0 Å². The molecule has 1 aliphatic rings. The van der Waals surface area contributed by atoms with Gasteiger partial charge in [-0.05, 0) is 31.5 Å². The van der Waals surface area contributed by atoms with E-state index >= 15 is 0 Å². The van der Waals surface area contributed by atoms with Gasteiger partial charge < -0.3 is 4.40 Å². The molecule has 3 aromatic heterocycles. The molecule has 1 fully saturated rings. The first kappa shape index (κ1) is 13.5. The molecule has 0 unspecified atom stereocenters. The number of aromatic nitrogens is 5. The Morgan fingerprint density at radius 2 is 2.23 bits per heavy atom. The molecule has 0 N–H and O–H groups in total. The Hall–Kier alpha value is -2.21. The van der Waals surface area contributed by atoms with Gasteiger partial charge in [0.05, 0.1) is 12.2 Å². The van der Waals surface area contributed by atoms with Crippen LogP contribution < -0.4 is 0 Å². The number of fused-ring (bicyclic) bond motifs is 1. The molecule has 0 bridgehead atoms. The van der Waals surface area contributed by atoms with Crippen LogP contribution in [0.1, 0.15) is 25.0 Å². The highest BCUT2D eigenvalue weighted by atomic mass is 15.3. The standard InChI is InChI=1S/C16H20N6/c1-3-7-20(15(5-1)11-22-13-17-12-18-22)9-14-10-21-8-4-2-6-16(21)19-14/h2,4,6,8,10,12-13,15H,1,3,5,7,9,11H2/t15-/m1/s1. The van der Waals surface area contributed by atoms with E-state index in [0.717, 1.165) is 31.0 Å². The molecule has 1 atom stereocenters. The van der Waals surface area contributed by atoms with Crippen LogP contribution in [0.4, 0.5) is 0 Å². The summed E-state index contributed by atoms with van der Waals surface area (Å²) in [5, 5.41) is 4.25. The first-order chi connectivity index (χ1) is 10.9. The van der Waals surface area contributed by atoms with Gasteiger partial charge in [-0.15, -0.1) is 0 Å². The number of likely N-dealkylation sites (tertiary alicyclic amines) is 1. The van der Waals surface area contributed by atoms with Crippen molar-refractivity contribution in [2.45, 2.75) is 38.4 Å². The van der Waals surface area contributed by atoms with Crippen LogP contribution in [-0.2, 0) is 13.1 Å². The van der Waals surface area contributed by atoms with E-state index in [0.29, 0.717) is 6.04 Å². The fourth-order valence-electron chi connectivity index (χ4n) is 3.29. The van der Waals surface area contributed by atoms with E-state index in [1.165, 1.54) is 19.3 Å². The molecule has 1 saturated heterocycles. The number of hydrogen-bond donors (Lipinski definition) is 0. The molecule has 0 spiro atoms. The second-order valence-corrected chi connectivity index (χ2v) is 5.94. The van der Waals surface area contributed by atoms with Crippen LogP contribution in [0, 0.1) is 0 Å². The van der Waals surface area contributed by atoms with E-state index in [9.17, 15) is 0 Å². The van der Waals surface area contributed by atoms with Crippen LogP contribution in [0.5, 0.6) is 0 Å². The molecular formula is C16H20N6. The molecule has 114 valence electrons. The van der Waals surface area contributed by atoms with Crippen molar-refractivity contribution in [2.24, 2.45) is 0 Å². The van der Waals surface area contributed by atoms with Crippen LogP contribution in [0.3, 0.4) is 0 Å². The lowest BCUT2D eigenvalue weighted by Gasteiger charge is -2.35. The largest absolute Gasteiger partial charge is 0.307 e. The predicted molar refractivity (Wildman–Crippen MR) is 83.3 cm³/mol. The summed E-state index contributed by atoms with van der Waals surface area (Å²) in [5.74, 6) is 0. The minimum atomic E-state index is 0.514. The summed E-state index contributed by atoms with van der Waals surface area (Å²) in [7, 11) is 0. The Morgan fingerprint density at radius 3 is 3.09 bits per heavy atom. The maximum absolute atomic E-state index is 4.72. The molecule has 6 heteroatoms. The van der Waals surface area contributed by atoms with E-state index in [1.54, 1.807) is 12.7 Å². The van der Waals surface area contributed by atoms with Gasteiger partial charge >= 0.3 is 0 Å². The quantitative estimate of drug-likeness (QED) is 0.739. The fraction of sp³-hybridized carbons (Fsp3) is 0.438. The first-order valence-electron chi connectivity index (χ1n) is 7.87. The lowest BCUT2D eigenvalue weighted by Crippen LogP contribution is -2.41. The Balaban J connectivity index is 1.51. The third kappa shape index (κ3) is 2.74. The minimum Gasteiger partial charge on any atom is -0.307 e. The van der Waals surface area contributed by atoms with Crippen molar-refractivity contribution in [3.8, 4) is 0 Å². The van der Waals surface area contributed by atoms with E-state index in [-0.39, 0.29) is 0 Å². The van der Waals surface area contributed by atoms with E-state index in [2.05, 4.69) is 31.8 Å². The molecule has 1 aliphatic heterocycles. The molecule has 6 nitrogen and oxygen atoms in total. The van der Waals surface area contributed by atoms with Crippen molar-refractivity contribution in [3.05, 3.63) is 48.9 Å². The normalized spacial score (nSPS) is 19.7. The summed E-state index contributed by atoms with van der Waals surface area (Å²) >= 11 is 0. The van der Waals surface area contributed by atoms with Gasteiger partial charge in [-0.3, -0.25) is 9.58 Å². The highest BCUT2D eigenvalue weighted by molar-refractivity contribution is 5.39. The lowest BCUT2D eigenvalue weighted by atomic mass is 10.0. The zero-order valence-electron chi connectivity index (χ0n) is 12.5. The van der Waals surface area contributed by atoms with Gasteiger partial charge in [-0.2, -0.15) is 5.10 Å². The minimum absolute atomic E-state index is 0.514. The van der Waals surface area contributed by atoms with Crippen LogP contribution in [0.15, 0.2) is 43.2 Å². The Morgan fingerprint density at radius 1 is 1.23 bits per heavy atom. The highest BCUT2D eigenvalue weighted by Crippen LogP contribution is 2.20. The summed E-state index contributed by atoms with van der Waals surface area (Å²) in [6.07, 6.45) is 11.4. The van der Waals surface area contributed by atoms with Crippen LogP contribution in [0.25, 0.3) is 5.65 Å². The molecular weight excluding hydrogens is 276 g/mol. The SMILES string of the molecule is c1ccn2cc(CN3CCCC[C@@H]3Cn3cncn3)nc2c1. The summed E-state index contributed by atoms with van der Waals surface area (Å²) in [5.41, 5.74) is 2.15. The average Bonchev–Trinajstić information content (AvgIpc) is 3.18. The lowest BCUT2D eigenvalue weighted by molar-refractivity contribution is 0.120. The molecule has 0 aliphatic carbocycles. The predicted octanol–water partition coefficient (Wildman–Crippen LogP) is 1.98. The second kappa shape index (κ2) is 5.88. The topological polar surface area (TPSA) is 51.2 Å². The zero-order valence-corrected chi connectivity index (χ0v) is 12.5. The molecule has 4 rings (SSSR count). The van der Waals surface area contributed by atoms with Gasteiger partial charge in [0, 0.05) is 25.0 Å². The van der Waals surface area contributed by atoms with Crippen molar-refractivity contribution in [2.75, 3.05) is 6.54 Å².